The van der Waals surface area contributed by atoms with E-state index in [0.717, 1.165) is 57.0 Å². The van der Waals surface area contributed by atoms with Gasteiger partial charge in [-0.15, -0.1) is 0 Å². The molecule has 2 fully saturated rings. The fraction of sp³-hybridized carbons (Fsp3) is 0.579. The number of piperidine rings is 1. The summed E-state index contributed by atoms with van der Waals surface area (Å²) >= 11 is 0. The minimum Gasteiger partial charge on any atom is -0.497 e. The van der Waals surface area contributed by atoms with Crippen LogP contribution in [-0.2, 0) is 9.59 Å². The average molecular weight is 360 g/mol. The maximum Gasteiger partial charge on any atom is 0.236 e. The van der Waals surface area contributed by atoms with E-state index in [-0.39, 0.29) is 17.7 Å². The van der Waals surface area contributed by atoms with E-state index in [9.17, 15) is 9.59 Å². The van der Waals surface area contributed by atoms with Gasteiger partial charge in [0.1, 0.15) is 5.75 Å². The van der Waals surface area contributed by atoms with Gasteiger partial charge in [0, 0.05) is 51.0 Å². The van der Waals surface area contributed by atoms with E-state index < -0.39 is 0 Å². The Morgan fingerprint density at radius 1 is 1.19 bits per heavy atom. The second-order valence-electron chi connectivity index (χ2n) is 7.05. The van der Waals surface area contributed by atoms with Crippen molar-refractivity contribution in [1.29, 1.82) is 0 Å². The van der Waals surface area contributed by atoms with Crippen molar-refractivity contribution in [3.05, 3.63) is 24.3 Å². The number of anilines is 1. The Bertz CT molecular complexity index is 643. The van der Waals surface area contributed by atoms with Gasteiger partial charge in [-0.3, -0.25) is 14.5 Å². The molecule has 2 aliphatic rings. The van der Waals surface area contributed by atoms with Crippen molar-refractivity contribution in [1.82, 2.24) is 9.80 Å². The highest BCUT2D eigenvalue weighted by Crippen LogP contribution is 2.22. The summed E-state index contributed by atoms with van der Waals surface area (Å²) in [5.74, 6) is 0.465. The Kier molecular flexibility index (Phi) is 5.98. The first-order chi connectivity index (χ1) is 12.6. The largest absolute Gasteiger partial charge is 0.497 e. The lowest BCUT2D eigenvalue weighted by atomic mass is 9.97. The molecule has 0 unspecified atom stereocenters. The van der Waals surface area contributed by atoms with E-state index in [4.69, 9.17) is 10.5 Å². The van der Waals surface area contributed by atoms with Crippen LogP contribution in [0.15, 0.2) is 24.3 Å². The second-order valence-corrected chi connectivity index (χ2v) is 7.05. The molecule has 0 aliphatic carbocycles. The molecule has 0 bridgehead atoms. The number of nitrogens with two attached hydrogens (primary N) is 1. The minimum atomic E-state index is -0.297. The second kappa shape index (κ2) is 8.40. The lowest BCUT2D eigenvalue weighted by molar-refractivity contribution is -0.136. The molecule has 7 nitrogen and oxygen atoms in total. The Labute approximate surface area is 154 Å². The first-order valence-corrected chi connectivity index (χ1v) is 9.25. The Morgan fingerprint density at radius 2 is 1.96 bits per heavy atom. The van der Waals surface area contributed by atoms with Crippen LogP contribution in [0.4, 0.5) is 5.69 Å². The van der Waals surface area contributed by atoms with Crippen molar-refractivity contribution in [3.8, 4) is 5.75 Å². The molecule has 0 aromatic heterocycles. The van der Waals surface area contributed by atoms with Crippen LogP contribution in [0.25, 0.3) is 0 Å². The summed E-state index contributed by atoms with van der Waals surface area (Å²) in [7, 11) is 1.67. The number of carbonyl (C=O) groups is 2. The molecule has 142 valence electrons. The summed E-state index contributed by atoms with van der Waals surface area (Å²) in [5, 5.41) is 0. The van der Waals surface area contributed by atoms with E-state index in [0.29, 0.717) is 13.1 Å². The van der Waals surface area contributed by atoms with Gasteiger partial charge < -0.3 is 20.3 Å². The molecular weight excluding hydrogens is 332 g/mol. The highest BCUT2D eigenvalue weighted by molar-refractivity contribution is 5.81. The smallest absolute Gasteiger partial charge is 0.236 e. The number of primary amides is 1. The number of amides is 2. The number of carbonyl (C=O) groups excluding carboxylic acids is 2. The Balaban J connectivity index is 1.49. The zero-order valence-electron chi connectivity index (χ0n) is 15.4. The van der Waals surface area contributed by atoms with Crippen LogP contribution < -0.4 is 15.4 Å². The normalized spacial score (nSPS) is 21.5. The number of hydrogen-bond donors (Lipinski definition) is 1. The number of benzene rings is 1. The molecule has 1 aromatic rings. The molecule has 0 radical (unpaired) electrons. The first kappa shape index (κ1) is 18.5. The van der Waals surface area contributed by atoms with Crippen molar-refractivity contribution in [2.75, 3.05) is 57.8 Å². The maximum atomic E-state index is 12.6. The van der Waals surface area contributed by atoms with Gasteiger partial charge in [-0.1, -0.05) is 6.07 Å². The zero-order chi connectivity index (χ0) is 18.5. The van der Waals surface area contributed by atoms with Crippen LogP contribution >= 0.6 is 0 Å². The molecule has 0 saturated carbocycles. The van der Waals surface area contributed by atoms with E-state index in [1.54, 1.807) is 12.0 Å². The fourth-order valence-corrected chi connectivity index (χ4v) is 3.70. The van der Waals surface area contributed by atoms with E-state index in [1.807, 2.05) is 18.2 Å². The number of hydrogen-bond acceptors (Lipinski definition) is 5. The standard InChI is InChI=1S/C19H28N4O3/c1-26-17-6-2-5-16(12-17)22-10-8-21(9-11-22)14-18(24)23-7-3-4-15(13-23)19(20)25/h2,5-6,12,15H,3-4,7-11,13-14H2,1H3,(H2,20,25)/t15-/m0/s1. The predicted octanol–water partition coefficient (Wildman–Crippen LogP) is 0.541. The van der Waals surface area contributed by atoms with Crippen molar-refractivity contribution in [2.24, 2.45) is 11.7 Å². The summed E-state index contributed by atoms with van der Waals surface area (Å²) in [4.78, 5) is 30.3. The van der Waals surface area contributed by atoms with Crippen LogP contribution in [0.1, 0.15) is 12.8 Å². The average Bonchev–Trinajstić information content (AvgIpc) is 2.68. The summed E-state index contributed by atoms with van der Waals surface area (Å²) in [6, 6.07) is 8.06. The van der Waals surface area contributed by atoms with E-state index in [1.165, 1.54) is 0 Å². The molecule has 0 spiro atoms. The van der Waals surface area contributed by atoms with Crippen LogP contribution in [0, 0.1) is 5.92 Å². The van der Waals surface area contributed by atoms with Gasteiger partial charge in [0.25, 0.3) is 0 Å². The lowest BCUT2D eigenvalue weighted by Crippen LogP contribution is -2.52. The molecular formula is C19H28N4O3. The van der Waals surface area contributed by atoms with Crippen molar-refractivity contribution < 1.29 is 14.3 Å². The Morgan fingerprint density at radius 3 is 2.65 bits per heavy atom. The van der Waals surface area contributed by atoms with Gasteiger partial charge >= 0.3 is 0 Å². The molecule has 7 heteroatoms. The van der Waals surface area contributed by atoms with Gasteiger partial charge in [0.15, 0.2) is 0 Å². The third-order valence-electron chi connectivity index (χ3n) is 5.33. The molecule has 2 amide bonds. The molecule has 2 N–H and O–H groups in total. The van der Waals surface area contributed by atoms with Crippen molar-refractivity contribution >= 4 is 17.5 Å². The molecule has 26 heavy (non-hydrogen) atoms. The molecule has 1 atom stereocenters. The highest BCUT2D eigenvalue weighted by atomic mass is 16.5. The quantitative estimate of drug-likeness (QED) is 0.829. The SMILES string of the molecule is COc1cccc(N2CCN(CC(=O)N3CCC[C@H](C(N)=O)C3)CC2)c1. The third kappa shape index (κ3) is 4.46. The number of likely N-dealkylation sites (tertiary alicyclic amines) is 1. The monoisotopic (exact) mass is 360 g/mol. The number of ether oxygens (including phenoxy) is 1. The molecule has 1 aromatic carbocycles. The highest BCUT2D eigenvalue weighted by Gasteiger charge is 2.28. The third-order valence-corrected chi connectivity index (χ3v) is 5.33. The van der Waals surface area contributed by atoms with Crippen LogP contribution in [0.3, 0.4) is 0 Å². The van der Waals surface area contributed by atoms with Crippen LogP contribution in [0.2, 0.25) is 0 Å². The maximum absolute atomic E-state index is 12.6. The van der Waals surface area contributed by atoms with Gasteiger partial charge in [0.05, 0.1) is 19.6 Å². The van der Waals surface area contributed by atoms with Crippen LogP contribution in [-0.4, -0.2) is 74.5 Å². The van der Waals surface area contributed by atoms with Gasteiger partial charge in [-0.05, 0) is 25.0 Å². The first-order valence-electron chi connectivity index (χ1n) is 9.25. The topological polar surface area (TPSA) is 79.1 Å². The number of methoxy groups -OCH3 is 1. The summed E-state index contributed by atoms with van der Waals surface area (Å²) in [5.41, 5.74) is 6.55. The predicted molar refractivity (Wildman–Crippen MR) is 100 cm³/mol. The summed E-state index contributed by atoms with van der Waals surface area (Å²) in [6.07, 6.45) is 1.64. The van der Waals surface area contributed by atoms with E-state index in [2.05, 4.69) is 15.9 Å². The molecule has 2 aliphatic heterocycles. The fourth-order valence-electron chi connectivity index (χ4n) is 3.70. The van der Waals surface area contributed by atoms with Gasteiger partial charge in [0.2, 0.25) is 11.8 Å². The summed E-state index contributed by atoms with van der Waals surface area (Å²) in [6.45, 7) is 5.06. The summed E-state index contributed by atoms with van der Waals surface area (Å²) < 4.78 is 5.29. The number of piperazine rings is 1. The number of nitrogens with zero attached hydrogens (tertiary/aromatic N) is 3. The molecule has 3 rings (SSSR count). The van der Waals surface area contributed by atoms with Crippen LogP contribution in [0.5, 0.6) is 5.75 Å². The van der Waals surface area contributed by atoms with Crippen molar-refractivity contribution in [2.45, 2.75) is 12.8 Å². The molecule has 2 heterocycles. The lowest BCUT2D eigenvalue weighted by Gasteiger charge is -2.37. The zero-order valence-corrected chi connectivity index (χ0v) is 15.4. The van der Waals surface area contributed by atoms with Gasteiger partial charge in [-0.2, -0.15) is 0 Å². The van der Waals surface area contributed by atoms with Crippen molar-refractivity contribution in [3.63, 3.8) is 0 Å². The molecule has 2 saturated heterocycles. The minimum absolute atomic E-state index is 0.103. The Hall–Kier alpha value is -2.28. The van der Waals surface area contributed by atoms with E-state index >= 15 is 0 Å². The number of rotatable bonds is 5. The van der Waals surface area contributed by atoms with Gasteiger partial charge in [-0.25, -0.2) is 0 Å².